The average molecular weight is 292 g/mol. The molecule has 96 valence electrons. The smallest absolute Gasteiger partial charge is 0.0361 e. The minimum Gasteiger partial charge on any atom is -0.152 e. The maximum absolute atomic E-state index is 2.23. The second kappa shape index (κ2) is 4.89. The Hall–Kier alpha value is -1.90. The first-order chi connectivity index (χ1) is 9.92. The molecule has 0 fully saturated rings. The monoisotopic (exact) mass is 292 g/mol. The third kappa shape index (κ3) is 1.98. The van der Waals surface area contributed by atoms with Crippen LogP contribution in [0.2, 0.25) is 0 Å². The first-order valence-corrected chi connectivity index (χ1v) is 8.28. The highest BCUT2D eigenvalue weighted by Gasteiger charge is 2.06. The van der Waals surface area contributed by atoms with Crippen molar-refractivity contribution in [3.05, 3.63) is 70.4 Å². The van der Waals surface area contributed by atoms with Crippen molar-refractivity contribution in [1.82, 2.24) is 0 Å². The molecule has 2 aromatic carbocycles. The molecule has 0 radical (unpaired) electrons. The van der Waals surface area contributed by atoms with Gasteiger partial charge in [-0.25, -0.2) is 0 Å². The molecule has 0 bridgehead atoms. The Labute approximate surface area is 125 Å². The molecule has 0 saturated heterocycles. The van der Waals surface area contributed by atoms with Crippen LogP contribution in [0.1, 0.15) is 11.1 Å². The number of fused-ring (bicyclic) bond motifs is 3. The molecule has 0 spiro atoms. The van der Waals surface area contributed by atoms with Crippen molar-refractivity contribution in [2.24, 2.45) is 0 Å². The fourth-order valence-electron chi connectivity index (χ4n) is 2.50. The van der Waals surface area contributed by atoms with Crippen LogP contribution in [0, 0.1) is 0 Å². The second-order valence-corrected chi connectivity index (χ2v) is 6.57. The van der Waals surface area contributed by atoms with Crippen molar-refractivity contribution in [3.8, 4) is 0 Å². The number of thiophene rings is 2. The largest absolute Gasteiger partial charge is 0.152 e. The lowest BCUT2D eigenvalue weighted by Gasteiger charge is -1.98. The number of rotatable bonds is 2. The molecule has 0 atom stereocenters. The van der Waals surface area contributed by atoms with Crippen molar-refractivity contribution in [3.63, 3.8) is 0 Å². The zero-order valence-corrected chi connectivity index (χ0v) is 12.4. The van der Waals surface area contributed by atoms with Gasteiger partial charge in [0, 0.05) is 20.2 Å². The van der Waals surface area contributed by atoms with Gasteiger partial charge in [-0.3, -0.25) is 0 Å². The molecular weight excluding hydrogens is 280 g/mol. The Balaban J connectivity index is 1.95. The molecule has 2 heteroatoms. The van der Waals surface area contributed by atoms with Crippen LogP contribution in [-0.4, -0.2) is 0 Å². The lowest BCUT2D eigenvalue weighted by Crippen LogP contribution is -1.74. The van der Waals surface area contributed by atoms with E-state index < -0.39 is 0 Å². The highest BCUT2D eigenvalue weighted by Crippen LogP contribution is 2.36. The van der Waals surface area contributed by atoms with Crippen LogP contribution in [0.4, 0.5) is 0 Å². The molecule has 20 heavy (non-hydrogen) atoms. The quantitative estimate of drug-likeness (QED) is 0.407. The lowest BCUT2D eigenvalue weighted by atomic mass is 10.1. The first kappa shape index (κ1) is 11.9. The molecule has 0 unspecified atom stereocenters. The van der Waals surface area contributed by atoms with Crippen LogP contribution < -0.4 is 0 Å². The maximum Gasteiger partial charge on any atom is 0.0361 e. The minimum atomic E-state index is 1.27. The van der Waals surface area contributed by atoms with E-state index in [2.05, 4.69) is 71.4 Å². The standard InChI is InChI=1S/C18H12S2/c1-2-6-16-15(5-1)18-14(4-3-7-17(18)20-16)9-8-13-10-11-19-12-13/h1-12H/b9-8+. The van der Waals surface area contributed by atoms with E-state index in [4.69, 9.17) is 0 Å². The van der Waals surface area contributed by atoms with Gasteiger partial charge in [-0.05, 0) is 40.1 Å². The fourth-order valence-corrected chi connectivity index (χ4v) is 4.27. The number of hydrogen-bond acceptors (Lipinski definition) is 2. The van der Waals surface area contributed by atoms with Crippen LogP contribution in [0.3, 0.4) is 0 Å². The van der Waals surface area contributed by atoms with Crippen molar-refractivity contribution < 1.29 is 0 Å². The Bertz CT molecular complexity index is 896. The molecule has 0 aliphatic rings. The molecule has 2 heterocycles. The van der Waals surface area contributed by atoms with E-state index in [0.717, 1.165) is 0 Å². The van der Waals surface area contributed by atoms with E-state index in [-0.39, 0.29) is 0 Å². The van der Waals surface area contributed by atoms with Gasteiger partial charge in [0.1, 0.15) is 0 Å². The molecule has 0 aliphatic carbocycles. The summed E-state index contributed by atoms with van der Waals surface area (Å²) in [5.74, 6) is 0. The molecule has 0 N–H and O–H groups in total. The summed E-state index contributed by atoms with van der Waals surface area (Å²) in [4.78, 5) is 0. The van der Waals surface area contributed by atoms with Gasteiger partial charge in [0.25, 0.3) is 0 Å². The zero-order chi connectivity index (χ0) is 13.4. The topological polar surface area (TPSA) is 0 Å². The van der Waals surface area contributed by atoms with Crippen LogP contribution in [0.25, 0.3) is 32.3 Å². The summed E-state index contributed by atoms with van der Waals surface area (Å²) in [6.07, 6.45) is 4.42. The van der Waals surface area contributed by atoms with Crippen molar-refractivity contribution in [2.45, 2.75) is 0 Å². The van der Waals surface area contributed by atoms with Gasteiger partial charge in [-0.2, -0.15) is 11.3 Å². The van der Waals surface area contributed by atoms with Crippen LogP contribution in [-0.2, 0) is 0 Å². The first-order valence-electron chi connectivity index (χ1n) is 6.52. The Morgan fingerprint density at radius 1 is 0.800 bits per heavy atom. The molecule has 0 aliphatic heterocycles. The van der Waals surface area contributed by atoms with E-state index in [1.807, 2.05) is 11.3 Å². The SMILES string of the molecule is C(=C\c1cccc2sc3ccccc3c12)/c1ccsc1. The average Bonchev–Trinajstić information content (AvgIpc) is 3.12. The van der Waals surface area contributed by atoms with Crippen molar-refractivity contribution in [1.29, 1.82) is 0 Å². The van der Waals surface area contributed by atoms with E-state index in [0.29, 0.717) is 0 Å². The van der Waals surface area contributed by atoms with Crippen molar-refractivity contribution >= 4 is 55.0 Å². The zero-order valence-electron chi connectivity index (χ0n) is 10.7. The molecule has 2 aromatic heterocycles. The van der Waals surface area contributed by atoms with E-state index in [1.165, 1.54) is 31.3 Å². The van der Waals surface area contributed by atoms with Crippen LogP contribution in [0.5, 0.6) is 0 Å². The highest BCUT2D eigenvalue weighted by molar-refractivity contribution is 7.25. The summed E-state index contributed by atoms with van der Waals surface area (Å²) in [6.45, 7) is 0. The second-order valence-electron chi connectivity index (χ2n) is 4.71. The van der Waals surface area contributed by atoms with Gasteiger partial charge in [0.15, 0.2) is 0 Å². The van der Waals surface area contributed by atoms with Gasteiger partial charge in [-0.15, -0.1) is 11.3 Å². The van der Waals surface area contributed by atoms with Gasteiger partial charge in [-0.1, -0.05) is 42.5 Å². The molecular formula is C18H12S2. The predicted molar refractivity (Wildman–Crippen MR) is 92.6 cm³/mol. The summed E-state index contributed by atoms with van der Waals surface area (Å²) >= 11 is 3.60. The number of hydrogen-bond donors (Lipinski definition) is 0. The number of benzene rings is 2. The summed E-state index contributed by atoms with van der Waals surface area (Å²) in [5, 5.41) is 7.01. The van der Waals surface area contributed by atoms with Gasteiger partial charge < -0.3 is 0 Å². The Kier molecular flexibility index (Phi) is 2.91. The molecule has 0 nitrogen and oxygen atoms in total. The van der Waals surface area contributed by atoms with Gasteiger partial charge >= 0.3 is 0 Å². The normalized spacial score (nSPS) is 11.8. The molecule has 0 saturated carbocycles. The summed E-state index contributed by atoms with van der Waals surface area (Å²) in [7, 11) is 0. The van der Waals surface area contributed by atoms with Gasteiger partial charge in [0.05, 0.1) is 0 Å². The summed E-state index contributed by atoms with van der Waals surface area (Å²) in [6, 6.07) is 17.3. The summed E-state index contributed by atoms with van der Waals surface area (Å²) < 4.78 is 2.72. The molecule has 4 aromatic rings. The van der Waals surface area contributed by atoms with Crippen molar-refractivity contribution in [2.75, 3.05) is 0 Å². The summed E-state index contributed by atoms with van der Waals surface area (Å²) in [5.41, 5.74) is 2.57. The van der Waals surface area contributed by atoms with E-state index >= 15 is 0 Å². The van der Waals surface area contributed by atoms with Crippen LogP contribution in [0.15, 0.2) is 59.3 Å². The van der Waals surface area contributed by atoms with Gasteiger partial charge in [0.2, 0.25) is 0 Å². The maximum atomic E-state index is 2.23. The van der Waals surface area contributed by atoms with E-state index in [1.54, 1.807) is 11.3 Å². The minimum absolute atomic E-state index is 1.27. The van der Waals surface area contributed by atoms with Crippen LogP contribution >= 0.6 is 22.7 Å². The fraction of sp³-hybridized carbons (Fsp3) is 0. The third-order valence-corrected chi connectivity index (χ3v) is 5.27. The Morgan fingerprint density at radius 2 is 1.70 bits per heavy atom. The van der Waals surface area contributed by atoms with E-state index in [9.17, 15) is 0 Å². The molecule has 0 amide bonds. The third-order valence-electron chi connectivity index (χ3n) is 3.43. The molecule has 4 rings (SSSR count). The Morgan fingerprint density at radius 3 is 2.60 bits per heavy atom. The lowest BCUT2D eigenvalue weighted by molar-refractivity contribution is 1.79. The highest BCUT2D eigenvalue weighted by atomic mass is 32.1. The predicted octanol–water partition coefficient (Wildman–Crippen LogP) is 6.29.